The molecule has 1 N–H and O–H groups in total. The van der Waals surface area contributed by atoms with Gasteiger partial charge in [0.1, 0.15) is 5.75 Å². The standard InChI is InChI=1S/C17H18O2/c1-11-7-8-12(2)14(9-11)17(18)15-10-19-16-6-4-3-5-13(15)16/h3-9,15,17-18H,10H2,1-2H3. The van der Waals surface area contributed by atoms with Gasteiger partial charge in [-0.15, -0.1) is 0 Å². The fourth-order valence-electron chi connectivity index (χ4n) is 2.74. The molecule has 3 rings (SSSR count). The number of aliphatic hydroxyl groups is 1. The van der Waals surface area contributed by atoms with Gasteiger partial charge in [0.2, 0.25) is 0 Å². The summed E-state index contributed by atoms with van der Waals surface area (Å²) in [7, 11) is 0. The first kappa shape index (κ1) is 12.2. The summed E-state index contributed by atoms with van der Waals surface area (Å²) in [4.78, 5) is 0. The molecule has 19 heavy (non-hydrogen) atoms. The van der Waals surface area contributed by atoms with Crippen molar-refractivity contribution in [2.24, 2.45) is 0 Å². The predicted octanol–water partition coefficient (Wildman–Crippen LogP) is 3.51. The third-order valence-electron chi connectivity index (χ3n) is 3.87. The van der Waals surface area contributed by atoms with Gasteiger partial charge in [0.25, 0.3) is 0 Å². The van der Waals surface area contributed by atoms with Crippen LogP contribution in [0, 0.1) is 13.8 Å². The van der Waals surface area contributed by atoms with Crippen molar-refractivity contribution in [3.05, 3.63) is 64.7 Å². The normalized spacial score (nSPS) is 18.8. The van der Waals surface area contributed by atoms with Crippen molar-refractivity contribution in [2.45, 2.75) is 25.9 Å². The van der Waals surface area contributed by atoms with Crippen LogP contribution in [0.3, 0.4) is 0 Å². The van der Waals surface area contributed by atoms with Crippen LogP contribution in [0.4, 0.5) is 0 Å². The smallest absolute Gasteiger partial charge is 0.123 e. The highest BCUT2D eigenvalue weighted by Crippen LogP contribution is 2.41. The number of hydrogen-bond donors (Lipinski definition) is 1. The minimum Gasteiger partial charge on any atom is -0.493 e. The van der Waals surface area contributed by atoms with Crippen LogP contribution in [0.15, 0.2) is 42.5 Å². The molecule has 0 aliphatic carbocycles. The van der Waals surface area contributed by atoms with Crippen molar-refractivity contribution in [1.82, 2.24) is 0 Å². The summed E-state index contributed by atoms with van der Waals surface area (Å²) in [5, 5.41) is 10.7. The predicted molar refractivity (Wildman–Crippen MR) is 75.6 cm³/mol. The number of benzene rings is 2. The number of hydrogen-bond acceptors (Lipinski definition) is 2. The van der Waals surface area contributed by atoms with E-state index in [-0.39, 0.29) is 5.92 Å². The lowest BCUT2D eigenvalue weighted by molar-refractivity contribution is 0.129. The summed E-state index contributed by atoms with van der Waals surface area (Å²) >= 11 is 0. The van der Waals surface area contributed by atoms with E-state index in [4.69, 9.17) is 4.74 Å². The molecule has 0 amide bonds. The highest BCUT2D eigenvalue weighted by molar-refractivity contribution is 5.43. The van der Waals surface area contributed by atoms with E-state index in [1.165, 1.54) is 5.56 Å². The molecule has 2 unspecified atom stereocenters. The second-order valence-electron chi connectivity index (χ2n) is 5.26. The van der Waals surface area contributed by atoms with Gasteiger partial charge in [0, 0.05) is 5.56 Å². The molecule has 2 aromatic rings. The fourth-order valence-corrected chi connectivity index (χ4v) is 2.74. The van der Waals surface area contributed by atoms with E-state index in [1.54, 1.807) is 0 Å². The van der Waals surface area contributed by atoms with Crippen molar-refractivity contribution in [2.75, 3.05) is 6.61 Å². The zero-order valence-electron chi connectivity index (χ0n) is 11.3. The number of fused-ring (bicyclic) bond motifs is 1. The number of para-hydroxylation sites is 1. The Morgan fingerprint density at radius 2 is 1.95 bits per heavy atom. The van der Waals surface area contributed by atoms with Crippen LogP contribution >= 0.6 is 0 Å². The molecule has 1 aliphatic heterocycles. The molecule has 1 heterocycles. The maximum atomic E-state index is 10.7. The Morgan fingerprint density at radius 3 is 2.79 bits per heavy atom. The first-order valence-electron chi connectivity index (χ1n) is 6.64. The third kappa shape index (κ3) is 2.13. The molecular weight excluding hydrogens is 236 g/mol. The van der Waals surface area contributed by atoms with Gasteiger partial charge in [-0.25, -0.2) is 0 Å². The summed E-state index contributed by atoms with van der Waals surface area (Å²) in [5.41, 5.74) is 4.41. The monoisotopic (exact) mass is 254 g/mol. The number of ether oxygens (including phenoxy) is 1. The van der Waals surface area contributed by atoms with Gasteiger partial charge in [-0.3, -0.25) is 0 Å². The summed E-state index contributed by atoms with van der Waals surface area (Å²) < 4.78 is 5.66. The fraction of sp³-hybridized carbons (Fsp3) is 0.294. The van der Waals surface area contributed by atoms with Crippen molar-refractivity contribution >= 4 is 0 Å². The molecule has 2 aromatic carbocycles. The van der Waals surface area contributed by atoms with Crippen LogP contribution in [-0.4, -0.2) is 11.7 Å². The highest BCUT2D eigenvalue weighted by atomic mass is 16.5. The van der Waals surface area contributed by atoms with Crippen molar-refractivity contribution in [3.63, 3.8) is 0 Å². The van der Waals surface area contributed by atoms with Gasteiger partial charge in [-0.05, 0) is 31.0 Å². The number of rotatable bonds is 2. The van der Waals surface area contributed by atoms with Gasteiger partial charge in [0.15, 0.2) is 0 Å². The lowest BCUT2D eigenvalue weighted by Crippen LogP contribution is -2.13. The summed E-state index contributed by atoms with van der Waals surface area (Å²) in [6.07, 6.45) is -0.511. The van der Waals surface area contributed by atoms with Crippen LogP contribution < -0.4 is 4.74 Å². The van der Waals surface area contributed by atoms with E-state index in [1.807, 2.05) is 31.2 Å². The Bertz CT molecular complexity index is 604. The van der Waals surface area contributed by atoms with E-state index >= 15 is 0 Å². The van der Waals surface area contributed by atoms with E-state index in [2.05, 4.69) is 25.1 Å². The van der Waals surface area contributed by atoms with Gasteiger partial charge in [0.05, 0.1) is 18.6 Å². The van der Waals surface area contributed by atoms with Crippen LogP contribution in [0.5, 0.6) is 5.75 Å². The van der Waals surface area contributed by atoms with E-state index < -0.39 is 6.10 Å². The summed E-state index contributed by atoms with van der Waals surface area (Å²) in [6, 6.07) is 14.2. The maximum Gasteiger partial charge on any atom is 0.123 e. The molecule has 0 bridgehead atoms. The Labute approximate surface area is 113 Å². The molecule has 1 aliphatic rings. The second-order valence-corrected chi connectivity index (χ2v) is 5.26. The molecule has 0 aromatic heterocycles. The van der Waals surface area contributed by atoms with Crippen molar-refractivity contribution < 1.29 is 9.84 Å². The SMILES string of the molecule is Cc1ccc(C)c(C(O)C2COc3ccccc32)c1. The molecule has 2 heteroatoms. The van der Waals surface area contributed by atoms with Crippen LogP contribution in [-0.2, 0) is 0 Å². The molecule has 0 spiro atoms. The Kier molecular flexibility index (Phi) is 3.03. The zero-order valence-corrected chi connectivity index (χ0v) is 11.3. The molecule has 0 saturated heterocycles. The average Bonchev–Trinajstić information content (AvgIpc) is 2.84. The summed E-state index contributed by atoms with van der Waals surface area (Å²) in [5.74, 6) is 0.925. The van der Waals surface area contributed by atoms with Gasteiger partial charge in [-0.2, -0.15) is 0 Å². The zero-order chi connectivity index (χ0) is 13.4. The first-order chi connectivity index (χ1) is 9.16. The Hall–Kier alpha value is -1.80. The largest absolute Gasteiger partial charge is 0.493 e. The van der Waals surface area contributed by atoms with Crippen LogP contribution in [0.1, 0.15) is 34.3 Å². The van der Waals surface area contributed by atoms with Crippen molar-refractivity contribution in [3.8, 4) is 5.75 Å². The minimum atomic E-state index is -0.511. The average molecular weight is 254 g/mol. The maximum absolute atomic E-state index is 10.7. The minimum absolute atomic E-state index is 0.0247. The first-order valence-corrected chi connectivity index (χ1v) is 6.64. The quantitative estimate of drug-likeness (QED) is 0.888. The highest BCUT2D eigenvalue weighted by Gasteiger charge is 2.31. The second kappa shape index (κ2) is 4.71. The molecule has 0 saturated carbocycles. The molecule has 0 fully saturated rings. The van der Waals surface area contributed by atoms with Gasteiger partial charge >= 0.3 is 0 Å². The number of aryl methyl sites for hydroxylation is 2. The lowest BCUT2D eigenvalue weighted by Gasteiger charge is -2.20. The molecule has 0 radical (unpaired) electrons. The van der Waals surface area contributed by atoms with E-state index in [0.29, 0.717) is 6.61 Å². The Balaban J connectivity index is 1.97. The summed E-state index contributed by atoms with van der Waals surface area (Å²) in [6.45, 7) is 4.64. The van der Waals surface area contributed by atoms with Gasteiger partial charge < -0.3 is 9.84 Å². The third-order valence-corrected chi connectivity index (χ3v) is 3.87. The van der Waals surface area contributed by atoms with Crippen molar-refractivity contribution in [1.29, 1.82) is 0 Å². The van der Waals surface area contributed by atoms with Crippen LogP contribution in [0.2, 0.25) is 0 Å². The van der Waals surface area contributed by atoms with Crippen LogP contribution in [0.25, 0.3) is 0 Å². The van der Waals surface area contributed by atoms with Gasteiger partial charge in [-0.1, -0.05) is 42.0 Å². The topological polar surface area (TPSA) is 29.5 Å². The molecular formula is C17H18O2. The van der Waals surface area contributed by atoms with E-state index in [0.717, 1.165) is 22.4 Å². The molecule has 2 nitrogen and oxygen atoms in total. The van der Waals surface area contributed by atoms with E-state index in [9.17, 15) is 5.11 Å². The number of aliphatic hydroxyl groups excluding tert-OH is 1. The molecule has 2 atom stereocenters. The Morgan fingerprint density at radius 1 is 1.16 bits per heavy atom. The molecule has 98 valence electrons. The lowest BCUT2D eigenvalue weighted by atomic mass is 9.88.